The van der Waals surface area contributed by atoms with Crippen molar-refractivity contribution in [3.63, 3.8) is 0 Å². The molecule has 0 spiro atoms. The number of nitrogens with zero attached hydrogens (tertiary/aromatic N) is 1. The van der Waals surface area contributed by atoms with E-state index in [0.29, 0.717) is 18.1 Å². The van der Waals surface area contributed by atoms with Crippen molar-refractivity contribution in [3.8, 4) is 0 Å². The van der Waals surface area contributed by atoms with Gasteiger partial charge in [0.05, 0.1) is 18.8 Å². The largest absolute Gasteiger partial charge is 0.477 e. The molecule has 0 aliphatic carbocycles. The Bertz CT molecular complexity index is 400. The van der Waals surface area contributed by atoms with Crippen LogP contribution in [0.5, 0.6) is 0 Å². The van der Waals surface area contributed by atoms with Gasteiger partial charge in [-0.15, -0.1) is 11.3 Å². The molecule has 1 aliphatic rings. The highest BCUT2D eigenvalue weighted by Gasteiger charge is 2.31. The highest BCUT2D eigenvalue weighted by Crippen LogP contribution is 2.30. The first-order valence-corrected chi connectivity index (χ1v) is 6.06. The van der Waals surface area contributed by atoms with Crippen LogP contribution in [0.25, 0.3) is 0 Å². The van der Waals surface area contributed by atoms with E-state index in [9.17, 15) is 4.79 Å². The molecule has 5 heteroatoms. The van der Waals surface area contributed by atoms with Crippen LogP contribution in [0.2, 0.25) is 0 Å². The van der Waals surface area contributed by atoms with Crippen molar-refractivity contribution in [2.45, 2.75) is 19.4 Å². The highest BCUT2D eigenvalue weighted by atomic mass is 32.1. The lowest BCUT2D eigenvalue weighted by Crippen LogP contribution is -2.53. The zero-order chi connectivity index (χ0) is 11.8. The van der Waals surface area contributed by atoms with Crippen molar-refractivity contribution in [2.75, 3.05) is 24.7 Å². The van der Waals surface area contributed by atoms with Crippen LogP contribution >= 0.6 is 11.3 Å². The number of hydrogen-bond donors (Lipinski definition) is 1. The first-order valence-electron chi connectivity index (χ1n) is 5.18. The maximum atomic E-state index is 10.8. The predicted molar refractivity (Wildman–Crippen MR) is 63.5 cm³/mol. The molecule has 0 unspecified atom stereocenters. The van der Waals surface area contributed by atoms with Crippen LogP contribution < -0.4 is 4.90 Å². The smallest absolute Gasteiger partial charge is 0.345 e. The average molecular weight is 241 g/mol. The first kappa shape index (κ1) is 11.4. The Labute approximate surface area is 98.4 Å². The SMILES string of the molecule is CC1(C)COCCN1c1csc(C(=O)O)c1. The number of carboxylic acid groups (broad SMARTS) is 1. The molecule has 0 radical (unpaired) electrons. The molecule has 1 saturated heterocycles. The third-order valence-corrected chi connectivity index (χ3v) is 3.66. The summed E-state index contributed by atoms with van der Waals surface area (Å²) in [5.41, 5.74) is 0.908. The zero-order valence-electron chi connectivity index (χ0n) is 9.40. The van der Waals surface area contributed by atoms with E-state index in [4.69, 9.17) is 9.84 Å². The molecule has 2 heterocycles. The summed E-state index contributed by atoms with van der Waals surface area (Å²) in [6.45, 7) is 6.38. The lowest BCUT2D eigenvalue weighted by Gasteiger charge is -2.43. The maximum absolute atomic E-state index is 10.8. The van der Waals surface area contributed by atoms with Gasteiger partial charge in [0.25, 0.3) is 0 Å². The number of aromatic carboxylic acids is 1. The number of rotatable bonds is 2. The summed E-state index contributed by atoms with van der Waals surface area (Å²) in [6, 6.07) is 1.74. The van der Waals surface area contributed by atoms with Gasteiger partial charge in [-0.3, -0.25) is 0 Å². The van der Waals surface area contributed by atoms with Gasteiger partial charge in [0.15, 0.2) is 0 Å². The van der Waals surface area contributed by atoms with Crippen LogP contribution in [0.15, 0.2) is 11.4 Å². The second kappa shape index (κ2) is 4.07. The predicted octanol–water partition coefficient (Wildman–Crippen LogP) is 2.06. The Kier molecular flexibility index (Phi) is 2.90. The Balaban J connectivity index is 2.25. The van der Waals surface area contributed by atoms with Crippen molar-refractivity contribution < 1.29 is 14.6 Å². The molecule has 4 nitrogen and oxygen atoms in total. The number of ether oxygens (including phenoxy) is 1. The van der Waals surface area contributed by atoms with Gasteiger partial charge in [-0.25, -0.2) is 4.79 Å². The number of carboxylic acids is 1. The molecule has 0 bridgehead atoms. The van der Waals surface area contributed by atoms with E-state index in [1.807, 2.05) is 5.38 Å². The van der Waals surface area contributed by atoms with E-state index >= 15 is 0 Å². The molecule has 0 aromatic carbocycles. The van der Waals surface area contributed by atoms with Gasteiger partial charge in [0, 0.05) is 17.6 Å². The molecule has 0 amide bonds. The Morgan fingerprint density at radius 1 is 1.62 bits per heavy atom. The number of thiophene rings is 1. The van der Waals surface area contributed by atoms with Crippen LogP contribution in [-0.4, -0.2) is 36.4 Å². The fourth-order valence-electron chi connectivity index (χ4n) is 1.92. The zero-order valence-corrected chi connectivity index (χ0v) is 10.2. The van der Waals surface area contributed by atoms with Gasteiger partial charge >= 0.3 is 5.97 Å². The third kappa shape index (κ3) is 2.05. The van der Waals surface area contributed by atoms with Gasteiger partial charge in [-0.2, -0.15) is 0 Å². The summed E-state index contributed by atoms with van der Waals surface area (Å²) in [7, 11) is 0. The molecule has 0 atom stereocenters. The second-order valence-corrected chi connectivity index (χ2v) is 5.40. The maximum Gasteiger partial charge on any atom is 0.345 e. The topological polar surface area (TPSA) is 49.8 Å². The van der Waals surface area contributed by atoms with Crippen LogP contribution in [0.3, 0.4) is 0 Å². The monoisotopic (exact) mass is 241 g/mol. The summed E-state index contributed by atoms with van der Waals surface area (Å²) in [5.74, 6) is -0.859. The van der Waals surface area contributed by atoms with Crippen molar-refractivity contribution in [1.82, 2.24) is 0 Å². The number of carbonyl (C=O) groups is 1. The standard InChI is InChI=1S/C11H15NO3S/c1-11(2)7-15-4-3-12(11)8-5-9(10(13)14)16-6-8/h5-6H,3-4,7H2,1-2H3,(H,13,14). The fourth-order valence-corrected chi connectivity index (χ4v) is 2.65. The van der Waals surface area contributed by atoms with E-state index < -0.39 is 5.97 Å². The van der Waals surface area contributed by atoms with Gasteiger partial charge in [0.2, 0.25) is 0 Å². The van der Waals surface area contributed by atoms with Crippen LogP contribution in [0.1, 0.15) is 23.5 Å². The number of hydrogen-bond acceptors (Lipinski definition) is 4. The average Bonchev–Trinajstić information content (AvgIpc) is 2.65. The second-order valence-electron chi connectivity index (χ2n) is 4.49. The lowest BCUT2D eigenvalue weighted by atomic mass is 10.0. The molecule has 1 aliphatic heterocycles. The van der Waals surface area contributed by atoms with Gasteiger partial charge in [-0.05, 0) is 19.9 Å². The van der Waals surface area contributed by atoms with Crippen LogP contribution in [0, 0.1) is 0 Å². The number of anilines is 1. The first-order chi connectivity index (χ1) is 7.50. The summed E-state index contributed by atoms with van der Waals surface area (Å²) >= 11 is 1.27. The molecule has 16 heavy (non-hydrogen) atoms. The lowest BCUT2D eigenvalue weighted by molar-refractivity contribution is 0.0644. The molecule has 1 aromatic heterocycles. The fraction of sp³-hybridized carbons (Fsp3) is 0.545. The molecule has 1 N–H and O–H groups in total. The summed E-state index contributed by atoms with van der Waals surface area (Å²) in [5, 5.41) is 10.8. The van der Waals surface area contributed by atoms with Crippen LogP contribution in [0.4, 0.5) is 5.69 Å². The van der Waals surface area contributed by atoms with E-state index in [1.54, 1.807) is 6.07 Å². The van der Waals surface area contributed by atoms with Crippen molar-refractivity contribution in [1.29, 1.82) is 0 Å². The minimum absolute atomic E-state index is 0.0743. The third-order valence-electron chi connectivity index (χ3n) is 2.75. The van der Waals surface area contributed by atoms with Crippen molar-refractivity contribution in [2.24, 2.45) is 0 Å². The van der Waals surface area contributed by atoms with E-state index in [1.165, 1.54) is 11.3 Å². The molecule has 0 saturated carbocycles. The molecule has 2 rings (SSSR count). The molecule has 1 fully saturated rings. The molecular formula is C11H15NO3S. The summed E-state index contributed by atoms with van der Waals surface area (Å²) in [6.07, 6.45) is 0. The molecule has 1 aromatic rings. The van der Waals surface area contributed by atoms with Crippen LogP contribution in [-0.2, 0) is 4.74 Å². The Morgan fingerprint density at radius 3 is 2.94 bits per heavy atom. The number of morpholine rings is 1. The van der Waals surface area contributed by atoms with Gasteiger partial charge in [-0.1, -0.05) is 0 Å². The quantitative estimate of drug-likeness (QED) is 0.861. The highest BCUT2D eigenvalue weighted by molar-refractivity contribution is 7.12. The van der Waals surface area contributed by atoms with E-state index in [-0.39, 0.29) is 5.54 Å². The normalized spacial score (nSPS) is 19.8. The summed E-state index contributed by atoms with van der Waals surface area (Å²) < 4.78 is 5.44. The van der Waals surface area contributed by atoms with E-state index in [0.717, 1.165) is 12.2 Å². The minimum Gasteiger partial charge on any atom is -0.477 e. The Hall–Kier alpha value is -1.07. The van der Waals surface area contributed by atoms with E-state index in [2.05, 4.69) is 18.7 Å². The van der Waals surface area contributed by atoms with Gasteiger partial charge < -0.3 is 14.7 Å². The van der Waals surface area contributed by atoms with Crippen molar-refractivity contribution >= 4 is 23.0 Å². The minimum atomic E-state index is -0.859. The molecular weight excluding hydrogens is 226 g/mol. The molecule has 88 valence electrons. The van der Waals surface area contributed by atoms with Gasteiger partial charge in [0.1, 0.15) is 4.88 Å². The van der Waals surface area contributed by atoms with Crippen molar-refractivity contribution in [3.05, 3.63) is 16.3 Å². The Morgan fingerprint density at radius 2 is 2.38 bits per heavy atom. The summed E-state index contributed by atoms with van der Waals surface area (Å²) in [4.78, 5) is 13.4.